The zero-order valence-corrected chi connectivity index (χ0v) is 10.4. The van der Waals surface area contributed by atoms with Crippen LogP contribution in [0.3, 0.4) is 0 Å². The maximum Gasteiger partial charge on any atom is 0.255 e. The standard InChI is InChI=1S/C12H14FN5O/c1-8(7-18-4-2-3-16-18)17-12(19)10-5-9(13)6-15-11(10)14/h2-6,8H,7H2,1H3,(H2,14,15)(H,17,19). The number of aromatic nitrogens is 3. The summed E-state index contributed by atoms with van der Waals surface area (Å²) < 4.78 is 14.7. The lowest BCUT2D eigenvalue weighted by molar-refractivity contribution is 0.0936. The van der Waals surface area contributed by atoms with Crippen LogP contribution in [-0.4, -0.2) is 26.7 Å². The summed E-state index contributed by atoms with van der Waals surface area (Å²) in [5.41, 5.74) is 5.58. The fraction of sp³-hybridized carbons (Fsp3) is 0.250. The van der Waals surface area contributed by atoms with E-state index in [9.17, 15) is 9.18 Å². The molecule has 0 aliphatic heterocycles. The summed E-state index contributed by atoms with van der Waals surface area (Å²) >= 11 is 0. The van der Waals surface area contributed by atoms with E-state index in [0.29, 0.717) is 6.54 Å². The van der Waals surface area contributed by atoms with Gasteiger partial charge < -0.3 is 11.1 Å². The van der Waals surface area contributed by atoms with Gasteiger partial charge in [-0.1, -0.05) is 0 Å². The van der Waals surface area contributed by atoms with Gasteiger partial charge in [0.1, 0.15) is 11.6 Å². The predicted octanol–water partition coefficient (Wildman–Crippen LogP) is 0.818. The molecule has 2 rings (SSSR count). The number of hydrogen-bond donors (Lipinski definition) is 2. The number of carbonyl (C=O) groups is 1. The number of rotatable bonds is 4. The highest BCUT2D eigenvalue weighted by Gasteiger charge is 2.14. The normalized spacial score (nSPS) is 12.1. The number of nitrogens with one attached hydrogen (secondary N) is 1. The molecule has 1 atom stereocenters. The second-order valence-corrected chi connectivity index (χ2v) is 4.19. The maximum absolute atomic E-state index is 13.0. The fourth-order valence-corrected chi connectivity index (χ4v) is 1.67. The maximum atomic E-state index is 13.0. The molecule has 1 amide bonds. The molecule has 0 radical (unpaired) electrons. The minimum Gasteiger partial charge on any atom is -0.383 e. The van der Waals surface area contributed by atoms with Gasteiger partial charge in [-0.05, 0) is 19.1 Å². The summed E-state index contributed by atoms with van der Waals surface area (Å²) in [6.07, 6.45) is 4.42. The van der Waals surface area contributed by atoms with E-state index in [1.807, 2.05) is 6.92 Å². The summed E-state index contributed by atoms with van der Waals surface area (Å²) in [4.78, 5) is 15.5. The third-order valence-corrected chi connectivity index (χ3v) is 2.53. The van der Waals surface area contributed by atoms with E-state index in [0.717, 1.165) is 12.3 Å². The van der Waals surface area contributed by atoms with Gasteiger partial charge in [-0.2, -0.15) is 5.10 Å². The van der Waals surface area contributed by atoms with Crippen molar-refractivity contribution in [3.05, 3.63) is 42.1 Å². The molecular formula is C12H14FN5O. The Hall–Kier alpha value is -2.44. The number of hydrogen-bond acceptors (Lipinski definition) is 4. The minimum absolute atomic E-state index is 0.00480. The first kappa shape index (κ1) is 13.0. The van der Waals surface area contributed by atoms with E-state index < -0.39 is 11.7 Å². The molecule has 100 valence electrons. The highest BCUT2D eigenvalue weighted by Crippen LogP contribution is 2.10. The van der Waals surface area contributed by atoms with E-state index in [1.54, 1.807) is 23.1 Å². The number of carbonyl (C=O) groups excluding carboxylic acids is 1. The van der Waals surface area contributed by atoms with Gasteiger partial charge in [0.25, 0.3) is 5.91 Å². The quantitative estimate of drug-likeness (QED) is 0.855. The Morgan fingerprint density at radius 1 is 1.63 bits per heavy atom. The van der Waals surface area contributed by atoms with Crippen LogP contribution in [-0.2, 0) is 6.54 Å². The molecule has 0 fully saturated rings. The van der Waals surface area contributed by atoms with Crippen molar-refractivity contribution < 1.29 is 9.18 Å². The van der Waals surface area contributed by atoms with Gasteiger partial charge in [-0.15, -0.1) is 0 Å². The number of nitrogens with zero attached hydrogens (tertiary/aromatic N) is 3. The highest BCUT2D eigenvalue weighted by molar-refractivity contribution is 5.98. The third kappa shape index (κ3) is 3.27. The lowest BCUT2D eigenvalue weighted by Crippen LogP contribution is -2.36. The zero-order chi connectivity index (χ0) is 13.8. The Balaban J connectivity index is 2.02. The van der Waals surface area contributed by atoms with Crippen LogP contribution in [0.2, 0.25) is 0 Å². The molecule has 0 bridgehead atoms. The number of amides is 1. The van der Waals surface area contributed by atoms with E-state index in [1.165, 1.54) is 0 Å². The zero-order valence-electron chi connectivity index (χ0n) is 10.4. The number of halogens is 1. The van der Waals surface area contributed by atoms with Crippen molar-refractivity contribution in [1.29, 1.82) is 0 Å². The Bertz CT molecular complexity index is 570. The molecule has 0 saturated carbocycles. The highest BCUT2D eigenvalue weighted by atomic mass is 19.1. The molecule has 2 aromatic heterocycles. The van der Waals surface area contributed by atoms with E-state index in [4.69, 9.17) is 5.73 Å². The third-order valence-electron chi connectivity index (χ3n) is 2.53. The average molecular weight is 263 g/mol. The van der Waals surface area contributed by atoms with Gasteiger partial charge in [0.15, 0.2) is 0 Å². The Morgan fingerprint density at radius 3 is 3.11 bits per heavy atom. The second kappa shape index (κ2) is 5.47. The molecule has 6 nitrogen and oxygen atoms in total. The second-order valence-electron chi connectivity index (χ2n) is 4.19. The predicted molar refractivity (Wildman–Crippen MR) is 67.8 cm³/mol. The Kier molecular flexibility index (Phi) is 3.74. The molecule has 7 heteroatoms. The van der Waals surface area contributed by atoms with Gasteiger partial charge >= 0.3 is 0 Å². The lowest BCUT2D eigenvalue weighted by Gasteiger charge is -2.14. The summed E-state index contributed by atoms with van der Waals surface area (Å²) in [5, 5.41) is 6.75. The molecule has 19 heavy (non-hydrogen) atoms. The van der Waals surface area contributed by atoms with Crippen LogP contribution in [0.25, 0.3) is 0 Å². The van der Waals surface area contributed by atoms with Crippen molar-refractivity contribution in [1.82, 2.24) is 20.1 Å². The molecule has 3 N–H and O–H groups in total. The summed E-state index contributed by atoms with van der Waals surface area (Å²) in [6, 6.07) is 2.69. The van der Waals surface area contributed by atoms with Crippen LogP contribution in [0.5, 0.6) is 0 Å². The van der Waals surface area contributed by atoms with Crippen molar-refractivity contribution in [2.45, 2.75) is 19.5 Å². The summed E-state index contributed by atoms with van der Waals surface area (Å²) in [6.45, 7) is 2.34. The van der Waals surface area contributed by atoms with Gasteiger partial charge in [0.05, 0.1) is 18.3 Å². The van der Waals surface area contributed by atoms with E-state index in [-0.39, 0.29) is 17.4 Å². The van der Waals surface area contributed by atoms with E-state index in [2.05, 4.69) is 15.4 Å². The van der Waals surface area contributed by atoms with Gasteiger partial charge in [-0.25, -0.2) is 9.37 Å². The van der Waals surface area contributed by atoms with Crippen LogP contribution in [0, 0.1) is 5.82 Å². The first-order valence-corrected chi connectivity index (χ1v) is 5.75. The molecule has 0 saturated heterocycles. The Morgan fingerprint density at radius 2 is 2.42 bits per heavy atom. The molecule has 0 aliphatic rings. The fourth-order valence-electron chi connectivity index (χ4n) is 1.67. The van der Waals surface area contributed by atoms with Crippen molar-refractivity contribution in [3.63, 3.8) is 0 Å². The van der Waals surface area contributed by atoms with Crippen molar-refractivity contribution >= 4 is 11.7 Å². The summed E-state index contributed by atoms with van der Waals surface area (Å²) in [5.74, 6) is -1.05. The molecule has 0 spiro atoms. The van der Waals surface area contributed by atoms with Crippen molar-refractivity contribution in [3.8, 4) is 0 Å². The first-order valence-electron chi connectivity index (χ1n) is 5.75. The largest absolute Gasteiger partial charge is 0.383 e. The molecule has 1 unspecified atom stereocenters. The van der Waals surface area contributed by atoms with Gasteiger partial charge in [0, 0.05) is 18.4 Å². The monoisotopic (exact) mass is 263 g/mol. The average Bonchev–Trinajstić information content (AvgIpc) is 2.84. The first-order chi connectivity index (χ1) is 9.06. The number of pyridine rings is 1. The van der Waals surface area contributed by atoms with Crippen LogP contribution in [0.15, 0.2) is 30.7 Å². The molecule has 2 heterocycles. The SMILES string of the molecule is CC(Cn1cccn1)NC(=O)c1cc(F)cnc1N. The van der Waals surface area contributed by atoms with Gasteiger partial charge in [0.2, 0.25) is 0 Å². The van der Waals surface area contributed by atoms with Crippen molar-refractivity contribution in [2.75, 3.05) is 5.73 Å². The molecule has 0 aromatic carbocycles. The molecule has 2 aromatic rings. The van der Waals surface area contributed by atoms with Crippen LogP contribution in [0.4, 0.5) is 10.2 Å². The van der Waals surface area contributed by atoms with Crippen LogP contribution >= 0.6 is 0 Å². The number of nitrogen functional groups attached to an aromatic ring is 1. The van der Waals surface area contributed by atoms with Crippen LogP contribution in [0.1, 0.15) is 17.3 Å². The topological polar surface area (TPSA) is 85.8 Å². The summed E-state index contributed by atoms with van der Waals surface area (Å²) in [7, 11) is 0. The number of nitrogens with two attached hydrogens (primary N) is 1. The minimum atomic E-state index is -0.598. The van der Waals surface area contributed by atoms with Gasteiger partial charge in [-0.3, -0.25) is 9.48 Å². The van der Waals surface area contributed by atoms with Crippen molar-refractivity contribution in [2.24, 2.45) is 0 Å². The Labute approximate surface area is 109 Å². The smallest absolute Gasteiger partial charge is 0.255 e. The molecule has 0 aliphatic carbocycles. The van der Waals surface area contributed by atoms with Crippen LogP contribution < -0.4 is 11.1 Å². The molecular weight excluding hydrogens is 249 g/mol. The van der Waals surface area contributed by atoms with E-state index >= 15 is 0 Å². The number of anilines is 1. The lowest BCUT2D eigenvalue weighted by atomic mass is 10.2.